The molecule has 1 aliphatic heterocycles. The van der Waals surface area contributed by atoms with Gasteiger partial charge in [-0.05, 0) is 43.5 Å². The molecule has 1 atom stereocenters. The van der Waals surface area contributed by atoms with Crippen LogP contribution in [0, 0.1) is 0 Å². The van der Waals surface area contributed by atoms with E-state index >= 15 is 0 Å². The van der Waals surface area contributed by atoms with Crippen LogP contribution >= 0.6 is 0 Å². The molecular formula is C19H23NO3. The number of fused-ring (bicyclic) bond motifs is 1. The van der Waals surface area contributed by atoms with E-state index in [1.807, 2.05) is 19.1 Å². The summed E-state index contributed by atoms with van der Waals surface area (Å²) < 4.78 is 0. The quantitative estimate of drug-likeness (QED) is 0.775. The number of benzene rings is 1. The highest BCUT2D eigenvalue weighted by molar-refractivity contribution is 6.01. The average molecular weight is 313 g/mol. The highest BCUT2D eigenvalue weighted by atomic mass is 16.2. The first kappa shape index (κ1) is 17.1. The highest BCUT2D eigenvalue weighted by Gasteiger charge is 2.34. The molecule has 0 fully saturated rings. The molecule has 1 amide bonds. The number of hydrogen-bond acceptors (Lipinski definition) is 3. The van der Waals surface area contributed by atoms with Gasteiger partial charge >= 0.3 is 0 Å². The molecule has 1 aromatic rings. The second-order valence-corrected chi connectivity index (χ2v) is 6.14. The van der Waals surface area contributed by atoms with Gasteiger partial charge in [0.15, 0.2) is 5.78 Å². The molecule has 122 valence electrons. The zero-order valence-corrected chi connectivity index (χ0v) is 14.0. The number of rotatable bonds is 7. The van der Waals surface area contributed by atoms with E-state index < -0.39 is 6.04 Å². The van der Waals surface area contributed by atoms with Gasteiger partial charge in [0.25, 0.3) is 5.91 Å². The summed E-state index contributed by atoms with van der Waals surface area (Å²) in [4.78, 5) is 37.7. The molecule has 1 aliphatic rings. The number of carbonyl (C=O) groups excluding carboxylic acids is 3. The summed E-state index contributed by atoms with van der Waals surface area (Å²) in [5.41, 5.74) is 3.50. The zero-order valence-electron chi connectivity index (χ0n) is 14.0. The molecule has 0 spiro atoms. The molecule has 4 nitrogen and oxygen atoms in total. The number of carbonyl (C=O) groups is 3. The summed E-state index contributed by atoms with van der Waals surface area (Å²) in [6.45, 7) is 9.55. The molecule has 0 radical (unpaired) electrons. The molecule has 1 aromatic carbocycles. The summed E-state index contributed by atoms with van der Waals surface area (Å²) in [5, 5.41) is 0. The van der Waals surface area contributed by atoms with Crippen LogP contribution < -0.4 is 0 Å². The highest BCUT2D eigenvalue weighted by Crippen LogP contribution is 2.29. The maximum Gasteiger partial charge on any atom is 0.255 e. The van der Waals surface area contributed by atoms with Crippen molar-refractivity contribution >= 4 is 23.0 Å². The first-order chi connectivity index (χ1) is 10.8. The van der Waals surface area contributed by atoms with Gasteiger partial charge in [0, 0.05) is 24.9 Å². The molecule has 4 heteroatoms. The number of Topliss-reactive ketones (excluding diaryl/α,β-unsaturated/α-hetero) is 2. The van der Waals surface area contributed by atoms with Gasteiger partial charge in [0.2, 0.25) is 0 Å². The Kier molecular flexibility index (Phi) is 5.14. The summed E-state index contributed by atoms with van der Waals surface area (Å²) in [5.74, 6) is -0.0856. The average Bonchev–Trinajstić information content (AvgIpc) is 2.83. The molecule has 0 saturated carbocycles. The lowest BCUT2D eigenvalue weighted by atomic mass is 10.0. The second-order valence-electron chi connectivity index (χ2n) is 6.14. The minimum Gasteiger partial charge on any atom is -0.324 e. The van der Waals surface area contributed by atoms with E-state index in [0.29, 0.717) is 31.4 Å². The fraction of sp³-hybridized carbons (Fsp3) is 0.421. The Morgan fingerprint density at radius 3 is 2.57 bits per heavy atom. The largest absolute Gasteiger partial charge is 0.324 e. The van der Waals surface area contributed by atoms with Crippen molar-refractivity contribution in [3.05, 3.63) is 41.5 Å². The summed E-state index contributed by atoms with van der Waals surface area (Å²) >= 11 is 0. The van der Waals surface area contributed by atoms with E-state index in [-0.39, 0.29) is 17.5 Å². The Hall–Kier alpha value is -2.23. The van der Waals surface area contributed by atoms with Crippen molar-refractivity contribution in [3.8, 4) is 0 Å². The number of amides is 1. The molecule has 0 aromatic heterocycles. The Morgan fingerprint density at radius 1 is 1.30 bits per heavy atom. The molecule has 0 saturated heterocycles. The van der Waals surface area contributed by atoms with Crippen molar-refractivity contribution in [2.24, 2.45) is 0 Å². The maximum absolute atomic E-state index is 12.6. The first-order valence-electron chi connectivity index (χ1n) is 7.97. The van der Waals surface area contributed by atoms with Crippen LogP contribution in [-0.2, 0) is 16.1 Å². The second kappa shape index (κ2) is 6.90. The molecule has 1 unspecified atom stereocenters. The summed E-state index contributed by atoms with van der Waals surface area (Å²) in [6, 6.07) is 5.12. The molecular weight excluding hydrogens is 290 g/mol. The van der Waals surface area contributed by atoms with Crippen LogP contribution in [0.5, 0.6) is 0 Å². The Bertz CT molecular complexity index is 675. The van der Waals surface area contributed by atoms with E-state index in [1.54, 1.807) is 17.9 Å². The fourth-order valence-electron chi connectivity index (χ4n) is 2.91. The number of allylic oxidation sites excluding steroid dienone is 1. The SMILES string of the molecule is C=C(C)c1ccc2c(c1)CN(C(CCC(=O)CC)C(C)=O)C2=O. The maximum atomic E-state index is 12.6. The van der Waals surface area contributed by atoms with Crippen molar-refractivity contribution in [1.82, 2.24) is 4.90 Å². The van der Waals surface area contributed by atoms with Crippen LogP contribution in [0.4, 0.5) is 0 Å². The van der Waals surface area contributed by atoms with Gasteiger partial charge in [-0.15, -0.1) is 0 Å². The van der Waals surface area contributed by atoms with Gasteiger partial charge in [-0.3, -0.25) is 14.4 Å². The third kappa shape index (κ3) is 3.58. The van der Waals surface area contributed by atoms with Crippen molar-refractivity contribution < 1.29 is 14.4 Å². The van der Waals surface area contributed by atoms with Gasteiger partial charge < -0.3 is 4.90 Å². The van der Waals surface area contributed by atoms with Crippen molar-refractivity contribution in [1.29, 1.82) is 0 Å². The summed E-state index contributed by atoms with van der Waals surface area (Å²) in [7, 11) is 0. The van der Waals surface area contributed by atoms with Gasteiger partial charge in [-0.25, -0.2) is 0 Å². The minimum absolute atomic E-state index is 0.0739. The normalized spacial score (nSPS) is 14.6. The lowest BCUT2D eigenvalue weighted by Gasteiger charge is -2.25. The number of ketones is 2. The Balaban J connectivity index is 2.22. The molecule has 0 aliphatic carbocycles. The predicted molar refractivity (Wildman–Crippen MR) is 90.0 cm³/mol. The third-order valence-electron chi connectivity index (χ3n) is 4.37. The van der Waals surface area contributed by atoms with E-state index in [0.717, 1.165) is 16.7 Å². The van der Waals surface area contributed by atoms with Crippen LogP contribution in [0.25, 0.3) is 5.57 Å². The van der Waals surface area contributed by atoms with E-state index in [1.165, 1.54) is 6.92 Å². The van der Waals surface area contributed by atoms with Gasteiger partial charge in [-0.1, -0.05) is 25.1 Å². The van der Waals surface area contributed by atoms with E-state index in [2.05, 4.69) is 6.58 Å². The van der Waals surface area contributed by atoms with Gasteiger partial charge in [-0.2, -0.15) is 0 Å². The van der Waals surface area contributed by atoms with Crippen molar-refractivity contribution in [2.45, 2.75) is 52.6 Å². The van der Waals surface area contributed by atoms with Crippen LogP contribution in [0.3, 0.4) is 0 Å². The molecule has 0 N–H and O–H groups in total. The van der Waals surface area contributed by atoms with Crippen molar-refractivity contribution in [3.63, 3.8) is 0 Å². The monoisotopic (exact) mass is 313 g/mol. The van der Waals surface area contributed by atoms with E-state index in [4.69, 9.17) is 0 Å². The van der Waals surface area contributed by atoms with Gasteiger partial charge in [0.1, 0.15) is 5.78 Å². The Labute approximate surface area is 137 Å². The zero-order chi connectivity index (χ0) is 17.1. The van der Waals surface area contributed by atoms with Crippen LogP contribution in [0.15, 0.2) is 24.8 Å². The number of nitrogens with zero attached hydrogens (tertiary/aromatic N) is 1. The lowest BCUT2D eigenvalue weighted by molar-refractivity contribution is -0.122. The fourth-order valence-corrected chi connectivity index (χ4v) is 2.91. The van der Waals surface area contributed by atoms with Crippen LogP contribution in [-0.4, -0.2) is 28.4 Å². The van der Waals surface area contributed by atoms with Gasteiger partial charge in [0.05, 0.1) is 6.04 Å². The van der Waals surface area contributed by atoms with Crippen molar-refractivity contribution in [2.75, 3.05) is 0 Å². The van der Waals surface area contributed by atoms with Crippen LogP contribution in [0.2, 0.25) is 0 Å². The third-order valence-corrected chi connectivity index (χ3v) is 4.37. The minimum atomic E-state index is -0.529. The van der Waals surface area contributed by atoms with E-state index in [9.17, 15) is 14.4 Å². The standard InChI is InChI=1S/C19H23NO3/c1-5-16(22)7-9-18(13(4)21)20-11-15-10-14(12(2)3)6-8-17(15)19(20)23/h6,8,10,18H,2,5,7,9,11H2,1,3-4H3. The molecule has 2 rings (SSSR count). The topological polar surface area (TPSA) is 54.5 Å². The number of hydrogen-bond donors (Lipinski definition) is 0. The van der Waals surface area contributed by atoms with Crippen LogP contribution in [0.1, 0.15) is 61.5 Å². The molecule has 23 heavy (non-hydrogen) atoms. The smallest absolute Gasteiger partial charge is 0.255 e. The first-order valence-corrected chi connectivity index (χ1v) is 7.97. The lowest BCUT2D eigenvalue weighted by Crippen LogP contribution is -2.40. The molecule has 0 bridgehead atoms. The predicted octanol–water partition coefficient (Wildman–Crippen LogP) is 3.39. The molecule has 1 heterocycles. The summed E-state index contributed by atoms with van der Waals surface area (Å²) in [6.07, 6.45) is 1.19. The Morgan fingerprint density at radius 2 is 2.00 bits per heavy atom.